The fourth-order valence-electron chi connectivity index (χ4n) is 3.29. The van der Waals surface area contributed by atoms with Gasteiger partial charge < -0.3 is 20.6 Å². The van der Waals surface area contributed by atoms with Crippen LogP contribution in [0.15, 0.2) is 42.5 Å². The second-order valence-corrected chi connectivity index (χ2v) is 6.40. The molecule has 5 nitrogen and oxygen atoms in total. The number of nitrogens with one attached hydrogen (secondary N) is 1. The molecule has 136 valence electrons. The van der Waals surface area contributed by atoms with Crippen molar-refractivity contribution in [2.45, 2.75) is 25.7 Å². The molecule has 26 heavy (non-hydrogen) atoms. The van der Waals surface area contributed by atoms with Gasteiger partial charge in [0.05, 0.1) is 13.5 Å². The van der Waals surface area contributed by atoms with Gasteiger partial charge in [-0.3, -0.25) is 4.79 Å². The molecule has 0 spiro atoms. The molecular weight excluding hydrogens is 328 g/mol. The number of aromatic amines is 1. The lowest BCUT2D eigenvalue weighted by atomic mass is 9.99. The predicted octanol–water partition coefficient (Wildman–Crippen LogP) is 3.75. The molecule has 1 heterocycles. The van der Waals surface area contributed by atoms with E-state index in [1.54, 1.807) is 7.11 Å². The maximum Gasteiger partial charge on any atom is 0.307 e. The average Bonchev–Trinajstić information content (AvgIpc) is 2.99. The highest BCUT2D eigenvalue weighted by Gasteiger charge is 2.14. The first-order chi connectivity index (χ1) is 12.6. The first kappa shape index (κ1) is 18.0. The molecule has 0 aliphatic carbocycles. The number of aliphatic carboxylic acids is 1. The van der Waals surface area contributed by atoms with Crippen LogP contribution in [-0.2, 0) is 17.6 Å². The van der Waals surface area contributed by atoms with Crippen molar-refractivity contribution >= 4 is 16.9 Å². The van der Waals surface area contributed by atoms with Crippen LogP contribution in [0.25, 0.3) is 22.2 Å². The highest BCUT2D eigenvalue weighted by Crippen LogP contribution is 2.33. The molecule has 4 N–H and O–H groups in total. The highest BCUT2D eigenvalue weighted by molar-refractivity contribution is 5.92. The molecule has 3 rings (SSSR count). The Kier molecular flexibility index (Phi) is 5.58. The van der Waals surface area contributed by atoms with Gasteiger partial charge in [-0.2, -0.15) is 0 Å². The number of aryl methyl sites for hydroxylation is 1. The van der Waals surface area contributed by atoms with E-state index in [-0.39, 0.29) is 6.42 Å². The third-order valence-electron chi connectivity index (χ3n) is 4.59. The minimum absolute atomic E-state index is 0.0290. The van der Waals surface area contributed by atoms with Crippen LogP contribution in [0.4, 0.5) is 0 Å². The Morgan fingerprint density at radius 2 is 1.92 bits per heavy atom. The number of aromatic nitrogens is 1. The first-order valence-corrected chi connectivity index (χ1v) is 8.82. The Morgan fingerprint density at radius 3 is 2.58 bits per heavy atom. The zero-order valence-corrected chi connectivity index (χ0v) is 14.9. The van der Waals surface area contributed by atoms with Gasteiger partial charge in [0.1, 0.15) is 5.75 Å². The second kappa shape index (κ2) is 8.06. The van der Waals surface area contributed by atoms with Gasteiger partial charge in [0.15, 0.2) is 0 Å². The summed E-state index contributed by atoms with van der Waals surface area (Å²) in [6.45, 7) is 0.671. The van der Waals surface area contributed by atoms with Crippen molar-refractivity contribution in [1.29, 1.82) is 0 Å². The van der Waals surface area contributed by atoms with Crippen molar-refractivity contribution in [3.05, 3.63) is 53.6 Å². The van der Waals surface area contributed by atoms with Crippen LogP contribution in [0.1, 0.15) is 24.0 Å². The maximum atomic E-state index is 11.1. The number of H-pyrrole nitrogens is 1. The Morgan fingerprint density at radius 1 is 1.15 bits per heavy atom. The van der Waals surface area contributed by atoms with Crippen LogP contribution in [0.2, 0.25) is 0 Å². The number of unbranched alkanes of at least 4 members (excludes halogenated alkanes) is 1. The van der Waals surface area contributed by atoms with Crippen molar-refractivity contribution in [2.75, 3.05) is 13.7 Å². The van der Waals surface area contributed by atoms with Crippen LogP contribution in [0, 0.1) is 0 Å². The lowest BCUT2D eigenvalue weighted by molar-refractivity contribution is -0.136. The van der Waals surface area contributed by atoms with Crippen LogP contribution in [-0.4, -0.2) is 29.7 Å². The lowest BCUT2D eigenvalue weighted by Gasteiger charge is -2.07. The molecule has 2 aromatic carbocycles. The van der Waals surface area contributed by atoms with Gasteiger partial charge in [-0.05, 0) is 78.9 Å². The molecule has 3 aromatic rings. The van der Waals surface area contributed by atoms with Gasteiger partial charge in [-0.25, -0.2) is 0 Å². The summed E-state index contributed by atoms with van der Waals surface area (Å²) in [5.74, 6) is -0.00164. The smallest absolute Gasteiger partial charge is 0.307 e. The van der Waals surface area contributed by atoms with Crippen LogP contribution < -0.4 is 10.5 Å². The van der Waals surface area contributed by atoms with Crippen molar-refractivity contribution in [2.24, 2.45) is 5.73 Å². The van der Waals surface area contributed by atoms with E-state index < -0.39 is 5.97 Å². The molecule has 1 aromatic heterocycles. The zero-order valence-electron chi connectivity index (χ0n) is 14.9. The number of carboxylic acid groups (broad SMARTS) is 1. The van der Waals surface area contributed by atoms with E-state index in [9.17, 15) is 4.79 Å². The number of rotatable bonds is 8. The fraction of sp³-hybridized carbons (Fsp3) is 0.286. The van der Waals surface area contributed by atoms with Gasteiger partial charge in [0.2, 0.25) is 0 Å². The number of hydrogen-bond donors (Lipinski definition) is 3. The molecule has 0 atom stereocenters. The summed E-state index contributed by atoms with van der Waals surface area (Å²) in [4.78, 5) is 14.6. The number of hydrogen-bond acceptors (Lipinski definition) is 3. The van der Waals surface area contributed by atoms with Crippen molar-refractivity contribution in [3.63, 3.8) is 0 Å². The SMILES string of the molecule is COc1ccc(-c2[nH]c3ccc(CC(=O)O)cc3c2CCCCN)cc1. The normalized spacial score (nSPS) is 11.0. The number of ether oxygens (including phenoxy) is 1. The molecule has 0 saturated carbocycles. The molecule has 0 unspecified atom stereocenters. The fourth-order valence-corrected chi connectivity index (χ4v) is 3.29. The van der Waals surface area contributed by atoms with E-state index in [4.69, 9.17) is 15.6 Å². The Balaban J connectivity index is 2.07. The average molecular weight is 352 g/mol. The van der Waals surface area contributed by atoms with Gasteiger partial charge in [0.25, 0.3) is 0 Å². The van der Waals surface area contributed by atoms with Crippen molar-refractivity contribution in [1.82, 2.24) is 4.98 Å². The Labute approximate surface area is 152 Å². The van der Waals surface area contributed by atoms with Crippen molar-refractivity contribution in [3.8, 4) is 17.0 Å². The van der Waals surface area contributed by atoms with Crippen LogP contribution >= 0.6 is 0 Å². The number of benzene rings is 2. The lowest BCUT2D eigenvalue weighted by Crippen LogP contribution is -2.00. The topological polar surface area (TPSA) is 88.3 Å². The highest BCUT2D eigenvalue weighted by atomic mass is 16.5. The van der Waals surface area contributed by atoms with Crippen molar-refractivity contribution < 1.29 is 14.6 Å². The van der Waals surface area contributed by atoms with E-state index >= 15 is 0 Å². The summed E-state index contributed by atoms with van der Waals surface area (Å²) in [6, 6.07) is 13.8. The van der Waals surface area contributed by atoms with E-state index in [2.05, 4.69) is 4.98 Å². The summed E-state index contributed by atoms with van der Waals surface area (Å²) in [6.07, 6.45) is 2.88. The van der Waals surface area contributed by atoms with Crippen LogP contribution in [0.3, 0.4) is 0 Å². The zero-order chi connectivity index (χ0) is 18.5. The van der Waals surface area contributed by atoms with E-state index in [1.165, 1.54) is 5.56 Å². The standard InChI is InChI=1S/C21H24N2O3/c1-26-16-8-6-15(7-9-16)21-17(4-2-3-11-22)18-12-14(13-20(24)25)5-10-19(18)23-21/h5-10,12,23H,2-4,11,13,22H2,1H3,(H,24,25). The number of methoxy groups -OCH3 is 1. The number of fused-ring (bicyclic) bond motifs is 1. The molecule has 0 aliphatic rings. The number of nitrogens with two attached hydrogens (primary N) is 1. The monoisotopic (exact) mass is 352 g/mol. The quantitative estimate of drug-likeness (QED) is 0.539. The minimum Gasteiger partial charge on any atom is -0.497 e. The molecule has 0 radical (unpaired) electrons. The second-order valence-electron chi connectivity index (χ2n) is 6.40. The molecule has 0 bridgehead atoms. The Hall–Kier alpha value is -2.79. The number of carboxylic acids is 1. The van der Waals surface area contributed by atoms with Gasteiger partial charge >= 0.3 is 5.97 Å². The third kappa shape index (κ3) is 3.89. The maximum absolute atomic E-state index is 11.1. The molecule has 0 aliphatic heterocycles. The molecule has 0 amide bonds. The predicted molar refractivity (Wildman–Crippen MR) is 104 cm³/mol. The minimum atomic E-state index is -0.819. The summed E-state index contributed by atoms with van der Waals surface area (Å²) in [7, 11) is 1.65. The summed E-state index contributed by atoms with van der Waals surface area (Å²) in [5, 5.41) is 10.2. The molecular formula is C21H24N2O3. The Bertz CT molecular complexity index is 898. The summed E-state index contributed by atoms with van der Waals surface area (Å²) < 4.78 is 5.25. The van der Waals surface area contributed by atoms with E-state index in [0.717, 1.165) is 52.7 Å². The first-order valence-electron chi connectivity index (χ1n) is 8.82. The van der Waals surface area contributed by atoms with E-state index in [0.29, 0.717) is 6.54 Å². The number of carbonyl (C=O) groups is 1. The van der Waals surface area contributed by atoms with Gasteiger partial charge in [-0.1, -0.05) is 6.07 Å². The van der Waals surface area contributed by atoms with E-state index in [1.807, 2.05) is 42.5 Å². The van der Waals surface area contributed by atoms with Gasteiger partial charge in [0, 0.05) is 16.6 Å². The van der Waals surface area contributed by atoms with Gasteiger partial charge in [-0.15, -0.1) is 0 Å². The summed E-state index contributed by atoms with van der Waals surface area (Å²) in [5.41, 5.74) is 10.9. The largest absolute Gasteiger partial charge is 0.497 e. The van der Waals surface area contributed by atoms with Crippen LogP contribution in [0.5, 0.6) is 5.75 Å². The molecule has 5 heteroatoms. The molecule has 0 saturated heterocycles. The summed E-state index contributed by atoms with van der Waals surface area (Å²) >= 11 is 0. The third-order valence-corrected chi connectivity index (χ3v) is 4.59. The molecule has 0 fully saturated rings.